The minimum Gasteiger partial charge on any atom is -0.445 e. The Morgan fingerprint density at radius 1 is 1.12 bits per heavy atom. The molecule has 1 aliphatic rings. The second-order valence-electron chi connectivity index (χ2n) is 7.58. The Bertz CT molecular complexity index is 598. The molecular weight excluding hydrogens is 332 g/mol. The van der Waals surface area contributed by atoms with Gasteiger partial charge < -0.3 is 19.3 Å². The predicted octanol–water partition coefficient (Wildman–Crippen LogP) is 4.04. The predicted molar refractivity (Wildman–Crippen MR) is 99.8 cm³/mol. The van der Waals surface area contributed by atoms with E-state index in [1.807, 2.05) is 58.0 Å². The first-order valence-corrected chi connectivity index (χ1v) is 9.25. The molecule has 6 nitrogen and oxygen atoms in total. The zero-order valence-corrected chi connectivity index (χ0v) is 16.2. The van der Waals surface area contributed by atoms with Crippen molar-refractivity contribution in [1.82, 2.24) is 9.80 Å². The molecule has 0 aromatic heterocycles. The number of nitrogens with zero attached hydrogens (tertiary/aromatic N) is 2. The van der Waals surface area contributed by atoms with Crippen molar-refractivity contribution in [2.75, 3.05) is 19.6 Å². The minimum atomic E-state index is -0.532. The maximum Gasteiger partial charge on any atom is 0.410 e. The molecule has 0 saturated carbocycles. The summed E-state index contributed by atoms with van der Waals surface area (Å²) in [6, 6.07) is 9.54. The van der Waals surface area contributed by atoms with Crippen LogP contribution in [-0.2, 0) is 16.1 Å². The average Bonchev–Trinajstić information content (AvgIpc) is 2.81. The van der Waals surface area contributed by atoms with E-state index in [0.29, 0.717) is 26.1 Å². The van der Waals surface area contributed by atoms with Crippen LogP contribution in [0.25, 0.3) is 0 Å². The maximum atomic E-state index is 12.5. The Morgan fingerprint density at radius 3 is 2.42 bits per heavy atom. The van der Waals surface area contributed by atoms with Crippen LogP contribution >= 0.6 is 0 Å². The lowest BCUT2D eigenvalue weighted by Crippen LogP contribution is -2.47. The van der Waals surface area contributed by atoms with Crippen molar-refractivity contribution in [2.45, 2.75) is 58.8 Å². The van der Waals surface area contributed by atoms with Crippen LogP contribution in [0.2, 0.25) is 0 Å². The second-order valence-corrected chi connectivity index (χ2v) is 7.58. The zero-order valence-electron chi connectivity index (χ0n) is 16.2. The third kappa shape index (κ3) is 5.93. The van der Waals surface area contributed by atoms with Gasteiger partial charge in [0.05, 0.1) is 6.04 Å². The van der Waals surface area contributed by atoms with E-state index in [-0.39, 0.29) is 24.8 Å². The molecule has 1 aliphatic heterocycles. The highest BCUT2D eigenvalue weighted by Crippen LogP contribution is 2.18. The van der Waals surface area contributed by atoms with Gasteiger partial charge in [0.2, 0.25) is 0 Å². The smallest absolute Gasteiger partial charge is 0.410 e. The van der Waals surface area contributed by atoms with E-state index in [0.717, 1.165) is 12.0 Å². The number of carbonyl (C=O) groups excluding carboxylic acids is 2. The Hall–Kier alpha value is -2.24. The molecular formula is C20H30N2O4. The van der Waals surface area contributed by atoms with Crippen LogP contribution in [0, 0.1) is 0 Å². The standard InChI is InChI=1S/C20H30N2O4/c1-5-17-14-21(18(23)25-15-16-10-7-6-8-11-16)12-9-13-22(17)19(24)26-20(2,3)4/h6-8,10-11,17H,5,9,12-15H2,1-4H3. The van der Waals surface area contributed by atoms with E-state index in [9.17, 15) is 9.59 Å². The largest absolute Gasteiger partial charge is 0.445 e. The van der Waals surface area contributed by atoms with Gasteiger partial charge in [-0.1, -0.05) is 37.3 Å². The number of amides is 2. The summed E-state index contributed by atoms with van der Waals surface area (Å²) in [5.41, 5.74) is 0.425. The van der Waals surface area contributed by atoms with E-state index < -0.39 is 5.60 Å². The number of carbonyl (C=O) groups is 2. The Kier molecular flexibility index (Phi) is 6.89. The first-order chi connectivity index (χ1) is 12.3. The van der Waals surface area contributed by atoms with Crippen LogP contribution in [0.5, 0.6) is 0 Å². The molecule has 0 bridgehead atoms. The molecule has 6 heteroatoms. The van der Waals surface area contributed by atoms with Gasteiger partial charge in [-0.15, -0.1) is 0 Å². The van der Waals surface area contributed by atoms with Gasteiger partial charge in [0, 0.05) is 19.6 Å². The average molecular weight is 362 g/mol. The van der Waals surface area contributed by atoms with E-state index in [4.69, 9.17) is 9.47 Å². The summed E-state index contributed by atoms with van der Waals surface area (Å²) in [4.78, 5) is 28.4. The van der Waals surface area contributed by atoms with Gasteiger partial charge in [-0.2, -0.15) is 0 Å². The molecule has 0 aliphatic carbocycles. The molecule has 1 unspecified atom stereocenters. The molecule has 1 atom stereocenters. The minimum absolute atomic E-state index is 0.0726. The van der Waals surface area contributed by atoms with Crippen molar-refractivity contribution in [3.8, 4) is 0 Å². The Labute approximate surface area is 156 Å². The van der Waals surface area contributed by atoms with Crippen LogP contribution in [0.3, 0.4) is 0 Å². The number of hydrogen-bond donors (Lipinski definition) is 0. The molecule has 0 spiro atoms. The van der Waals surface area contributed by atoms with Crippen LogP contribution in [0.4, 0.5) is 9.59 Å². The van der Waals surface area contributed by atoms with Gasteiger partial charge in [0.15, 0.2) is 0 Å². The molecule has 1 aromatic rings. The Morgan fingerprint density at radius 2 is 1.81 bits per heavy atom. The van der Waals surface area contributed by atoms with Crippen LogP contribution in [0.15, 0.2) is 30.3 Å². The van der Waals surface area contributed by atoms with Crippen molar-refractivity contribution in [3.05, 3.63) is 35.9 Å². The van der Waals surface area contributed by atoms with Gasteiger partial charge in [0.25, 0.3) is 0 Å². The fourth-order valence-corrected chi connectivity index (χ4v) is 2.95. The number of ether oxygens (including phenoxy) is 2. The first kappa shape index (κ1) is 20.1. The van der Waals surface area contributed by atoms with Crippen LogP contribution in [-0.4, -0.2) is 53.3 Å². The molecule has 1 saturated heterocycles. The summed E-state index contributed by atoms with van der Waals surface area (Å²) in [7, 11) is 0. The van der Waals surface area contributed by atoms with Crippen LogP contribution < -0.4 is 0 Å². The highest BCUT2D eigenvalue weighted by Gasteiger charge is 2.32. The van der Waals surface area contributed by atoms with E-state index >= 15 is 0 Å². The van der Waals surface area contributed by atoms with Gasteiger partial charge in [-0.25, -0.2) is 9.59 Å². The van der Waals surface area contributed by atoms with Gasteiger partial charge in [-0.3, -0.25) is 0 Å². The zero-order chi connectivity index (χ0) is 19.2. The second kappa shape index (κ2) is 8.92. The SMILES string of the molecule is CCC1CN(C(=O)OCc2ccccc2)CCCN1C(=O)OC(C)(C)C. The first-order valence-electron chi connectivity index (χ1n) is 9.25. The number of benzene rings is 1. The summed E-state index contributed by atoms with van der Waals surface area (Å²) >= 11 is 0. The number of rotatable bonds is 3. The van der Waals surface area contributed by atoms with Crippen molar-refractivity contribution >= 4 is 12.2 Å². The normalized spacial score (nSPS) is 18.2. The monoisotopic (exact) mass is 362 g/mol. The molecule has 2 rings (SSSR count). The Balaban J connectivity index is 1.96. The lowest BCUT2D eigenvalue weighted by molar-refractivity contribution is 0.0154. The topological polar surface area (TPSA) is 59.1 Å². The van der Waals surface area contributed by atoms with Crippen LogP contribution in [0.1, 0.15) is 46.1 Å². The van der Waals surface area contributed by atoms with Gasteiger partial charge in [0.1, 0.15) is 12.2 Å². The third-order valence-electron chi connectivity index (χ3n) is 4.26. The fourth-order valence-electron chi connectivity index (χ4n) is 2.95. The van der Waals surface area contributed by atoms with Crippen molar-refractivity contribution in [1.29, 1.82) is 0 Å². The van der Waals surface area contributed by atoms with Gasteiger partial charge >= 0.3 is 12.2 Å². The van der Waals surface area contributed by atoms with Crippen molar-refractivity contribution in [2.24, 2.45) is 0 Å². The molecule has 2 amide bonds. The summed E-state index contributed by atoms with van der Waals surface area (Å²) in [6.45, 7) is 9.46. The molecule has 0 radical (unpaired) electrons. The molecule has 1 fully saturated rings. The molecule has 1 heterocycles. The lowest BCUT2D eigenvalue weighted by Gasteiger charge is -2.32. The van der Waals surface area contributed by atoms with E-state index in [1.165, 1.54) is 0 Å². The molecule has 1 aromatic carbocycles. The van der Waals surface area contributed by atoms with Crippen molar-refractivity contribution < 1.29 is 19.1 Å². The fraction of sp³-hybridized carbons (Fsp3) is 0.600. The summed E-state index contributed by atoms with van der Waals surface area (Å²) < 4.78 is 11.0. The molecule has 144 valence electrons. The van der Waals surface area contributed by atoms with Gasteiger partial charge in [-0.05, 0) is 39.2 Å². The number of hydrogen-bond acceptors (Lipinski definition) is 4. The van der Waals surface area contributed by atoms with Crippen molar-refractivity contribution in [3.63, 3.8) is 0 Å². The quantitative estimate of drug-likeness (QED) is 0.814. The maximum absolute atomic E-state index is 12.5. The third-order valence-corrected chi connectivity index (χ3v) is 4.26. The highest BCUT2D eigenvalue weighted by molar-refractivity contribution is 5.70. The lowest BCUT2D eigenvalue weighted by atomic mass is 10.2. The summed E-state index contributed by atoms with van der Waals surface area (Å²) in [5.74, 6) is 0. The highest BCUT2D eigenvalue weighted by atomic mass is 16.6. The van der Waals surface area contributed by atoms with E-state index in [1.54, 1.807) is 9.80 Å². The summed E-state index contributed by atoms with van der Waals surface area (Å²) in [6.07, 6.45) is 0.805. The molecule has 0 N–H and O–H groups in total. The van der Waals surface area contributed by atoms with E-state index in [2.05, 4.69) is 0 Å². The molecule has 26 heavy (non-hydrogen) atoms. The summed E-state index contributed by atoms with van der Waals surface area (Å²) in [5, 5.41) is 0.